The summed E-state index contributed by atoms with van der Waals surface area (Å²) in [4.78, 5) is 16.2. The Bertz CT molecular complexity index is 683. The first-order valence-corrected chi connectivity index (χ1v) is 6.94. The number of hydrogen-bond acceptors (Lipinski definition) is 2. The van der Waals surface area contributed by atoms with Crippen LogP contribution >= 0.6 is 0 Å². The molecule has 1 aliphatic carbocycles. The molecule has 1 aliphatic heterocycles. The Morgan fingerprint density at radius 2 is 2.16 bits per heavy atom. The van der Waals surface area contributed by atoms with E-state index in [1.54, 1.807) is 0 Å². The van der Waals surface area contributed by atoms with Crippen molar-refractivity contribution in [3.8, 4) is 0 Å². The van der Waals surface area contributed by atoms with Gasteiger partial charge in [-0.1, -0.05) is 12.5 Å². The molecule has 98 valence electrons. The maximum atomic E-state index is 11.6. The maximum absolute atomic E-state index is 11.6. The van der Waals surface area contributed by atoms with Gasteiger partial charge >= 0.3 is 5.97 Å². The molecule has 0 atom stereocenters. The van der Waals surface area contributed by atoms with E-state index in [2.05, 4.69) is 15.6 Å². The fourth-order valence-corrected chi connectivity index (χ4v) is 3.46. The number of rotatable bonds is 2. The number of aryl methyl sites for hydroxylation is 2. The van der Waals surface area contributed by atoms with Crippen LogP contribution in [0, 0.1) is 0 Å². The van der Waals surface area contributed by atoms with E-state index < -0.39 is 11.4 Å². The van der Waals surface area contributed by atoms with Gasteiger partial charge in [0, 0.05) is 13.0 Å². The van der Waals surface area contributed by atoms with Crippen LogP contribution in [0.2, 0.25) is 0 Å². The van der Waals surface area contributed by atoms with Crippen molar-refractivity contribution in [3.05, 3.63) is 29.6 Å². The number of nitrogens with zero attached hydrogens (tertiary/aromatic N) is 2. The third-order valence-electron chi connectivity index (χ3n) is 4.78. The van der Waals surface area contributed by atoms with Gasteiger partial charge in [-0.15, -0.1) is 0 Å². The first kappa shape index (κ1) is 11.0. The molecule has 2 heterocycles. The third kappa shape index (κ3) is 1.34. The Morgan fingerprint density at radius 3 is 2.84 bits per heavy atom. The molecule has 0 unspecified atom stereocenters. The Morgan fingerprint density at radius 1 is 1.32 bits per heavy atom. The molecular formula is C15H16N2O2. The van der Waals surface area contributed by atoms with Crippen molar-refractivity contribution in [1.82, 2.24) is 9.55 Å². The van der Waals surface area contributed by atoms with E-state index in [4.69, 9.17) is 0 Å². The van der Waals surface area contributed by atoms with Crippen LogP contribution in [0.15, 0.2) is 18.2 Å². The molecule has 1 fully saturated rings. The molecule has 1 aromatic heterocycles. The maximum Gasteiger partial charge on any atom is 0.314 e. The number of imidazole rings is 1. The lowest BCUT2D eigenvalue weighted by atomic mass is 9.64. The molecule has 2 aromatic rings. The quantitative estimate of drug-likeness (QED) is 0.898. The van der Waals surface area contributed by atoms with Crippen LogP contribution in [-0.2, 0) is 23.2 Å². The zero-order chi connectivity index (χ0) is 13.0. The summed E-state index contributed by atoms with van der Waals surface area (Å²) in [7, 11) is 0. The molecule has 19 heavy (non-hydrogen) atoms. The summed E-state index contributed by atoms with van der Waals surface area (Å²) < 4.78 is 2.24. The van der Waals surface area contributed by atoms with Crippen molar-refractivity contribution < 1.29 is 9.90 Å². The van der Waals surface area contributed by atoms with Gasteiger partial charge in [0.15, 0.2) is 0 Å². The standard InChI is InChI=1S/C15H16N2O2/c18-14(19)15(6-2-7-15)10-4-5-11-12(9-10)17-8-1-3-13(17)16-11/h4-5,9H,1-3,6-8H2,(H,18,19). The smallest absolute Gasteiger partial charge is 0.314 e. The molecule has 0 bridgehead atoms. The minimum atomic E-state index is -0.681. The molecule has 1 aromatic carbocycles. The van der Waals surface area contributed by atoms with Crippen LogP contribution in [0.1, 0.15) is 37.1 Å². The van der Waals surface area contributed by atoms with Gasteiger partial charge in [0.05, 0.1) is 16.4 Å². The predicted octanol–water partition coefficient (Wildman–Crippen LogP) is 2.49. The lowest BCUT2D eigenvalue weighted by Crippen LogP contribution is -2.42. The number of carboxylic acid groups (broad SMARTS) is 1. The molecule has 0 saturated heterocycles. The number of carbonyl (C=O) groups is 1. The highest BCUT2D eigenvalue weighted by atomic mass is 16.4. The monoisotopic (exact) mass is 256 g/mol. The molecule has 1 saturated carbocycles. The highest BCUT2D eigenvalue weighted by molar-refractivity contribution is 5.85. The van der Waals surface area contributed by atoms with Crippen LogP contribution in [0.5, 0.6) is 0 Å². The van der Waals surface area contributed by atoms with Crippen LogP contribution in [0.3, 0.4) is 0 Å². The van der Waals surface area contributed by atoms with Crippen LogP contribution in [-0.4, -0.2) is 20.6 Å². The summed E-state index contributed by atoms with van der Waals surface area (Å²) in [6.45, 7) is 1.01. The van der Waals surface area contributed by atoms with E-state index in [1.165, 1.54) is 0 Å². The number of carboxylic acids is 1. The van der Waals surface area contributed by atoms with Crippen molar-refractivity contribution in [3.63, 3.8) is 0 Å². The van der Waals surface area contributed by atoms with Gasteiger partial charge in [-0.05, 0) is 37.0 Å². The summed E-state index contributed by atoms with van der Waals surface area (Å²) in [6, 6.07) is 6.00. The van der Waals surface area contributed by atoms with E-state index >= 15 is 0 Å². The van der Waals surface area contributed by atoms with Gasteiger partial charge in [0.2, 0.25) is 0 Å². The molecule has 4 rings (SSSR count). The zero-order valence-corrected chi connectivity index (χ0v) is 10.7. The zero-order valence-electron chi connectivity index (χ0n) is 10.7. The SMILES string of the molecule is O=C(O)C1(c2ccc3nc4n(c3c2)CCC4)CCC1. The Kier molecular flexibility index (Phi) is 2.08. The van der Waals surface area contributed by atoms with Crippen LogP contribution in [0.25, 0.3) is 11.0 Å². The summed E-state index contributed by atoms with van der Waals surface area (Å²) >= 11 is 0. The molecule has 4 nitrogen and oxygen atoms in total. The molecule has 4 heteroatoms. The van der Waals surface area contributed by atoms with E-state index in [-0.39, 0.29) is 0 Å². The first-order valence-electron chi connectivity index (χ1n) is 6.94. The van der Waals surface area contributed by atoms with Gasteiger partial charge in [-0.25, -0.2) is 4.98 Å². The normalized spacial score (nSPS) is 20.2. The van der Waals surface area contributed by atoms with E-state index in [0.29, 0.717) is 0 Å². The lowest BCUT2D eigenvalue weighted by Gasteiger charge is -2.38. The fraction of sp³-hybridized carbons (Fsp3) is 0.467. The van der Waals surface area contributed by atoms with Crippen LogP contribution < -0.4 is 0 Å². The third-order valence-corrected chi connectivity index (χ3v) is 4.78. The number of aromatic nitrogens is 2. The second kappa shape index (κ2) is 3.59. The predicted molar refractivity (Wildman–Crippen MR) is 71.2 cm³/mol. The molecule has 0 radical (unpaired) electrons. The van der Waals surface area contributed by atoms with Gasteiger partial charge in [-0.3, -0.25) is 4.79 Å². The highest BCUT2D eigenvalue weighted by Crippen LogP contribution is 2.44. The summed E-state index contributed by atoms with van der Waals surface area (Å²) in [5.41, 5.74) is 2.42. The second-order valence-corrected chi connectivity index (χ2v) is 5.73. The number of hydrogen-bond donors (Lipinski definition) is 1. The molecule has 0 amide bonds. The minimum absolute atomic E-state index is 0.641. The number of aliphatic carboxylic acids is 1. The number of fused-ring (bicyclic) bond motifs is 3. The fourth-order valence-electron chi connectivity index (χ4n) is 3.46. The van der Waals surface area contributed by atoms with Crippen molar-refractivity contribution in [2.45, 2.75) is 44.1 Å². The average Bonchev–Trinajstić information content (AvgIpc) is 2.87. The van der Waals surface area contributed by atoms with Crippen LogP contribution in [0.4, 0.5) is 0 Å². The molecule has 0 spiro atoms. The van der Waals surface area contributed by atoms with E-state index in [1.807, 2.05) is 12.1 Å². The van der Waals surface area contributed by atoms with Crippen molar-refractivity contribution in [2.75, 3.05) is 0 Å². The Hall–Kier alpha value is -1.84. The largest absolute Gasteiger partial charge is 0.481 e. The molecule has 2 aliphatic rings. The molecule has 1 N–H and O–H groups in total. The van der Waals surface area contributed by atoms with Gasteiger partial charge < -0.3 is 9.67 Å². The van der Waals surface area contributed by atoms with E-state index in [0.717, 1.165) is 61.1 Å². The second-order valence-electron chi connectivity index (χ2n) is 5.73. The topological polar surface area (TPSA) is 55.1 Å². The average molecular weight is 256 g/mol. The highest BCUT2D eigenvalue weighted by Gasteiger charge is 2.46. The van der Waals surface area contributed by atoms with Gasteiger partial charge in [0.25, 0.3) is 0 Å². The Labute approximate surface area is 111 Å². The Balaban J connectivity index is 1.90. The number of benzene rings is 1. The first-order chi connectivity index (χ1) is 9.21. The van der Waals surface area contributed by atoms with Gasteiger partial charge in [-0.2, -0.15) is 0 Å². The summed E-state index contributed by atoms with van der Waals surface area (Å²) in [6.07, 6.45) is 4.71. The molecular weight excluding hydrogens is 240 g/mol. The van der Waals surface area contributed by atoms with E-state index in [9.17, 15) is 9.90 Å². The van der Waals surface area contributed by atoms with Crippen molar-refractivity contribution in [1.29, 1.82) is 0 Å². The van der Waals surface area contributed by atoms with Crippen molar-refractivity contribution in [2.24, 2.45) is 0 Å². The van der Waals surface area contributed by atoms with Gasteiger partial charge in [0.1, 0.15) is 5.82 Å². The summed E-state index contributed by atoms with van der Waals surface area (Å²) in [5.74, 6) is 0.462. The summed E-state index contributed by atoms with van der Waals surface area (Å²) in [5, 5.41) is 9.53. The lowest BCUT2D eigenvalue weighted by molar-refractivity contribution is -0.147. The van der Waals surface area contributed by atoms with Crippen molar-refractivity contribution >= 4 is 17.0 Å². The minimum Gasteiger partial charge on any atom is -0.481 e.